The molecule has 1 N–H and O–H groups in total. The van der Waals surface area contributed by atoms with Gasteiger partial charge in [0.15, 0.2) is 0 Å². The molecule has 0 radical (unpaired) electrons. The van der Waals surface area contributed by atoms with Gasteiger partial charge < -0.3 is 15.0 Å². The monoisotopic (exact) mass is 249 g/mol. The zero-order valence-electron chi connectivity index (χ0n) is 9.96. The van der Waals surface area contributed by atoms with Crippen LogP contribution in [0, 0.1) is 10.1 Å². The lowest BCUT2D eigenvalue weighted by atomic mass is 10.1. The first-order chi connectivity index (χ1) is 8.75. The normalized spacial score (nSPS) is 22.9. The number of hydrogen-bond donors (Lipinski definition) is 1. The van der Waals surface area contributed by atoms with Crippen molar-refractivity contribution in [3.05, 3.63) is 33.9 Å². The second-order valence-electron chi connectivity index (χ2n) is 4.54. The summed E-state index contributed by atoms with van der Waals surface area (Å²) >= 11 is 0. The Labute approximate surface area is 105 Å². The van der Waals surface area contributed by atoms with E-state index in [-0.39, 0.29) is 16.8 Å². The van der Waals surface area contributed by atoms with Crippen molar-refractivity contribution in [1.82, 2.24) is 5.32 Å². The molecule has 1 aromatic rings. The molecule has 96 valence electrons. The Hall–Kier alpha value is -1.66. The molecule has 1 atom stereocenters. The molecule has 2 aliphatic rings. The minimum absolute atomic E-state index is 0.0430. The van der Waals surface area contributed by atoms with E-state index < -0.39 is 0 Å². The van der Waals surface area contributed by atoms with Gasteiger partial charge in [-0.25, -0.2) is 0 Å². The highest BCUT2D eigenvalue weighted by molar-refractivity contribution is 5.61. The number of morpholine rings is 1. The van der Waals surface area contributed by atoms with Crippen LogP contribution in [0.1, 0.15) is 5.56 Å². The molecule has 1 saturated heterocycles. The second kappa shape index (κ2) is 4.55. The lowest BCUT2D eigenvalue weighted by Gasteiger charge is -2.33. The topological polar surface area (TPSA) is 67.6 Å². The Bertz CT molecular complexity index is 472. The summed E-state index contributed by atoms with van der Waals surface area (Å²) in [5.74, 6) is 0. The van der Waals surface area contributed by atoms with E-state index in [2.05, 4.69) is 10.2 Å². The molecular weight excluding hydrogens is 234 g/mol. The van der Waals surface area contributed by atoms with Crippen molar-refractivity contribution in [3.8, 4) is 0 Å². The highest BCUT2D eigenvalue weighted by atomic mass is 16.6. The summed E-state index contributed by atoms with van der Waals surface area (Å²) in [7, 11) is 0. The summed E-state index contributed by atoms with van der Waals surface area (Å²) in [5.41, 5.74) is 2.27. The van der Waals surface area contributed by atoms with E-state index in [4.69, 9.17) is 4.74 Å². The van der Waals surface area contributed by atoms with Crippen LogP contribution in [0.3, 0.4) is 0 Å². The standard InChI is InChI=1S/C12H15N3O3/c16-15(17)10-1-2-11-9(7-10)3-5-14(11)12-8-13-4-6-18-12/h1-2,7,12-13H,3-6,8H2. The summed E-state index contributed by atoms with van der Waals surface area (Å²) in [6.07, 6.45) is 0.887. The van der Waals surface area contributed by atoms with Gasteiger partial charge in [-0.1, -0.05) is 0 Å². The molecular formula is C12H15N3O3. The Morgan fingerprint density at radius 3 is 3.11 bits per heavy atom. The fourth-order valence-electron chi connectivity index (χ4n) is 2.58. The first-order valence-electron chi connectivity index (χ1n) is 6.12. The molecule has 0 spiro atoms. The largest absolute Gasteiger partial charge is 0.356 e. The highest BCUT2D eigenvalue weighted by Gasteiger charge is 2.28. The average Bonchev–Trinajstić information content (AvgIpc) is 2.82. The number of fused-ring (bicyclic) bond motifs is 1. The maximum Gasteiger partial charge on any atom is 0.269 e. The molecule has 18 heavy (non-hydrogen) atoms. The van der Waals surface area contributed by atoms with E-state index in [1.807, 2.05) is 6.07 Å². The summed E-state index contributed by atoms with van der Waals surface area (Å²) < 4.78 is 5.73. The van der Waals surface area contributed by atoms with Crippen LogP contribution in [0.25, 0.3) is 0 Å². The SMILES string of the molecule is O=[N+]([O-])c1ccc2c(c1)CCN2C1CNCCO1. The molecule has 2 aliphatic heterocycles. The van der Waals surface area contributed by atoms with Crippen molar-refractivity contribution in [2.45, 2.75) is 12.6 Å². The number of rotatable bonds is 2. The molecule has 1 unspecified atom stereocenters. The molecule has 6 heteroatoms. The molecule has 1 aromatic carbocycles. The fraction of sp³-hybridized carbons (Fsp3) is 0.500. The minimum Gasteiger partial charge on any atom is -0.356 e. The van der Waals surface area contributed by atoms with Gasteiger partial charge >= 0.3 is 0 Å². The van der Waals surface area contributed by atoms with Crippen molar-refractivity contribution in [3.63, 3.8) is 0 Å². The van der Waals surface area contributed by atoms with Crippen LogP contribution in [-0.4, -0.2) is 37.4 Å². The third kappa shape index (κ3) is 1.93. The molecule has 2 heterocycles. The van der Waals surface area contributed by atoms with Crippen molar-refractivity contribution in [2.24, 2.45) is 0 Å². The number of non-ortho nitro benzene ring substituents is 1. The number of nitro benzene ring substituents is 1. The molecule has 0 amide bonds. The smallest absolute Gasteiger partial charge is 0.269 e. The first-order valence-corrected chi connectivity index (χ1v) is 6.12. The average molecular weight is 249 g/mol. The Balaban J connectivity index is 1.85. The second-order valence-corrected chi connectivity index (χ2v) is 4.54. The Kier molecular flexibility index (Phi) is 2.89. The molecule has 0 bridgehead atoms. The highest BCUT2D eigenvalue weighted by Crippen LogP contribution is 2.32. The van der Waals surface area contributed by atoms with Gasteiger partial charge in [-0.15, -0.1) is 0 Å². The summed E-state index contributed by atoms with van der Waals surface area (Å²) in [4.78, 5) is 12.6. The number of benzene rings is 1. The number of nitro groups is 1. The summed E-state index contributed by atoms with van der Waals surface area (Å²) in [6, 6.07) is 5.07. The van der Waals surface area contributed by atoms with Gasteiger partial charge in [-0.05, 0) is 18.1 Å². The lowest BCUT2D eigenvalue weighted by Crippen LogP contribution is -2.48. The number of hydrogen-bond acceptors (Lipinski definition) is 5. The summed E-state index contributed by atoms with van der Waals surface area (Å²) in [5, 5.41) is 14.0. The van der Waals surface area contributed by atoms with E-state index in [1.165, 1.54) is 0 Å². The van der Waals surface area contributed by atoms with Crippen LogP contribution < -0.4 is 10.2 Å². The van der Waals surface area contributed by atoms with Gasteiger partial charge in [0.05, 0.1) is 11.5 Å². The van der Waals surface area contributed by atoms with Crippen LogP contribution in [0.5, 0.6) is 0 Å². The third-order valence-corrected chi connectivity index (χ3v) is 3.46. The van der Waals surface area contributed by atoms with E-state index in [1.54, 1.807) is 12.1 Å². The van der Waals surface area contributed by atoms with Gasteiger partial charge in [0.25, 0.3) is 5.69 Å². The zero-order valence-corrected chi connectivity index (χ0v) is 9.96. The van der Waals surface area contributed by atoms with E-state index in [0.29, 0.717) is 6.61 Å². The Morgan fingerprint density at radius 2 is 2.39 bits per heavy atom. The number of ether oxygens (including phenoxy) is 1. The van der Waals surface area contributed by atoms with E-state index >= 15 is 0 Å². The van der Waals surface area contributed by atoms with Crippen LogP contribution in [0.15, 0.2) is 18.2 Å². The molecule has 0 aromatic heterocycles. The number of anilines is 1. The van der Waals surface area contributed by atoms with Gasteiger partial charge in [0, 0.05) is 37.5 Å². The van der Waals surface area contributed by atoms with Gasteiger partial charge in [-0.3, -0.25) is 10.1 Å². The Morgan fingerprint density at radius 1 is 1.50 bits per heavy atom. The maximum atomic E-state index is 10.7. The van der Waals surface area contributed by atoms with Gasteiger partial charge in [0.1, 0.15) is 6.23 Å². The number of nitrogens with zero attached hydrogens (tertiary/aromatic N) is 2. The fourth-order valence-corrected chi connectivity index (χ4v) is 2.58. The molecule has 1 fully saturated rings. The summed E-state index contributed by atoms with van der Waals surface area (Å²) in [6.45, 7) is 3.26. The van der Waals surface area contributed by atoms with E-state index in [0.717, 1.165) is 37.3 Å². The molecule has 3 rings (SSSR count). The van der Waals surface area contributed by atoms with Crippen molar-refractivity contribution < 1.29 is 9.66 Å². The quantitative estimate of drug-likeness (QED) is 0.623. The third-order valence-electron chi connectivity index (χ3n) is 3.46. The predicted molar refractivity (Wildman–Crippen MR) is 66.8 cm³/mol. The van der Waals surface area contributed by atoms with Crippen LogP contribution in [0.2, 0.25) is 0 Å². The van der Waals surface area contributed by atoms with Crippen LogP contribution in [0.4, 0.5) is 11.4 Å². The van der Waals surface area contributed by atoms with Crippen LogP contribution in [-0.2, 0) is 11.2 Å². The van der Waals surface area contributed by atoms with Gasteiger partial charge in [0.2, 0.25) is 0 Å². The first kappa shape index (κ1) is 11.4. The zero-order chi connectivity index (χ0) is 12.5. The van der Waals surface area contributed by atoms with Crippen molar-refractivity contribution in [2.75, 3.05) is 31.1 Å². The molecule has 6 nitrogen and oxygen atoms in total. The molecule has 0 saturated carbocycles. The van der Waals surface area contributed by atoms with E-state index in [9.17, 15) is 10.1 Å². The van der Waals surface area contributed by atoms with Crippen molar-refractivity contribution >= 4 is 11.4 Å². The predicted octanol–water partition coefficient (Wildman–Crippen LogP) is 0.903. The number of nitrogens with one attached hydrogen (secondary N) is 1. The van der Waals surface area contributed by atoms with Crippen LogP contribution >= 0.6 is 0 Å². The molecule has 0 aliphatic carbocycles. The van der Waals surface area contributed by atoms with Gasteiger partial charge in [-0.2, -0.15) is 0 Å². The maximum absolute atomic E-state index is 10.7. The minimum atomic E-state index is -0.346. The lowest BCUT2D eigenvalue weighted by molar-refractivity contribution is -0.384. The van der Waals surface area contributed by atoms with Crippen molar-refractivity contribution in [1.29, 1.82) is 0 Å².